The molecule has 2 unspecified atom stereocenters. The van der Waals surface area contributed by atoms with E-state index in [9.17, 15) is 8.42 Å². The Balaban J connectivity index is 2.54. The maximum absolute atomic E-state index is 11.1. The van der Waals surface area contributed by atoms with E-state index in [1.165, 1.54) is 6.26 Å². The third kappa shape index (κ3) is 5.30. The van der Waals surface area contributed by atoms with Crippen LogP contribution in [0.25, 0.3) is 0 Å². The highest BCUT2D eigenvalue weighted by Crippen LogP contribution is 2.13. The van der Waals surface area contributed by atoms with Crippen LogP contribution in [0.4, 0.5) is 0 Å². The molecular formula is C13H18N2O2S. The molecule has 0 bridgehead atoms. The third-order valence-corrected chi connectivity index (χ3v) is 3.69. The van der Waals surface area contributed by atoms with Crippen LogP contribution in [0.15, 0.2) is 30.3 Å². The molecular weight excluding hydrogens is 248 g/mol. The van der Waals surface area contributed by atoms with Crippen molar-refractivity contribution < 1.29 is 8.42 Å². The van der Waals surface area contributed by atoms with Crippen LogP contribution in [0.2, 0.25) is 0 Å². The van der Waals surface area contributed by atoms with Crippen LogP contribution >= 0.6 is 0 Å². The molecule has 2 atom stereocenters. The van der Waals surface area contributed by atoms with Crippen molar-refractivity contribution in [3.63, 3.8) is 0 Å². The highest BCUT2D eigenvalue weighted by molar-refractivity contribution is 7.90. The van der Waals surface area contributed by atoms with Gasteiger partial charge in [0, 0.05) is 18.8 Å². The molecule has 0 amide bonds. The summed E-state index contributed by atoms with van der Waals surface area (Å²) in [7, 11) is -2.99. The first kappa shape index (κ1) is 14.7. The fourth-order valence-corrected chi connectivity index (χ4v) is 2.78. The second-order valence-corrected chi connectivity index (χ2v) is 6.68. The molecule has 18 heavy (non-hydrogen) atoms. The Bertz CT molecular complexity index is 506. The summed E-state index contributed by atoms with van der Waals surface area (Å²) < 4.78 is 22.2. The maximum atomic E-state index is 11.1. The molecule has 1 aromatic rings. The molecule has 0 spiro atoms. The van der Waals surface area contributed by atoms with Crippen molar-refractivity contribution in [3.05, 3.63) is 35.9 Å². The normalized spacial score (nSPS) is 14.7. The molecule has 5 heteroatoms. The molecule has 0 aliphatic carbocycles. The molecule has 0 saturated carbocycles. The van der Waals surface area contributed by atoms with Crippen molar-refractivity contribution in [1.82, 2.24) is 5.32 Å². The molecule has 0 aromatic heterocycles. The van der Waals surface area contributed by atoms with Crippen LogP contribution in [-0.4, -0.2) is 33.0 Å². The average molecular weight is 266 g/mol. The van der Waals surface area contributed by atoms with E-state index in [0.717, 1.165) is 5.56 Å². The highest BCUT2D eigenvalue weighted by Gasteiger charge is 2.14. The van der Waals surface area contributed by atoms with Gasteiger partial charge in [-0.05, 0) is 12.5 Å². The minimum absolute atomic E-state index is 0.0833. The van der Waals surface area contributed by atoms with Gasteiger partial charge in [-0.2, -0.15) is 5.26 Å². The number of hydrogen-bond acceptors (Lipinski definition) is 4. The van der Waals surface area contributed by atoms with Gasteiger partial charge in [-0.3, -0.25) is 0 Å². The summed E-state index contributed by atoms with van der Waals surface area (Å²) in [5, 5.41) is 12.2. The lowest BCUT2D eigenvalue weighted by atomic mass is 10.0. The molecule has 1 aromatic carbocycles. The Kier molecular flexibility index (Phi) is 5.32. The Morgan fingerprint density at radius 3 is 2.44 bits per heavy atom. The molecule has 98 valence electrons. The van der Waals surface area contributed by atoms with Crippen LogP contribution in [0.5, 0.6) is 0 Å². The first-order valence-electron chi connectivity index (χ1n) is 5.78. The predicted molar refractivity (Wildman–Crippen MR) is 72.0 cm³/mol. The summed E-state index contributed by atoms with van der Waals surface area (Å²) in [5.74, 6) is -0.173. The fraction of sp³-hybridized carbons (Fsp3) is 0.462. The molecule has 0 heterocycles. The molecule has 1 N–H and O–H groups in total. The lowest BCUT2D eigenvalue weighted by molar-refractivity contribution is 0.551. The van der Waals surface area contributed by atoms with Gasteiger partial charge >= 0.3 is 0 Å². The largest absolute Gasteiger partial charge is 0.312 e. The van der Waals surface area contributed by atoms with E-state index in [1.807, 2.05) is 30.3 Å². The molecule has 0 radical (unpaired) electrons. The smallest absolute Gasteiger partial charge is 0.148 e. The average Bonchev–Trinajstić information content (AvgIpc) is 2.29. The molecule has 0 fully saturated rings. The van der Waals surface area contributed by atoms with Crippen molar-refractivity contribution >= 4 is 9.84 Å². The fourth-order valence-electron chi connectivity index (χ4n) is 1.76. The summed E-state index contributed by atoms with van der Waals surface area (Å²) in [4.78, 5) is 0. The molecule has 0 aliphatic heterocycles. The number of sulfone groups is 1. The Morgan fingerprint density at radius 1 is 1.33 bits per heavy atom. The maximum Gasteiger partial charge on any atom is 0.148 e. The zero-order chi connectivity index (χ0) is 13.6. The summed E-state index contributed by atoms with van der Waals surface area (Å²) >= 11 is 0. The SMILES string of the molecule is CC(CS(C)(=O)=O)NCC(C#N)c1ccccc1. The van der Waals surface area contributed by atoms with E-state index in [4.69, 9.17) is 5.26 Å². The summed E-state index contributed by atoms with van der Waals surface area (Å²) in [6.07, 6.45) is 1.21. The van der Waals surface area contributed by atoms with E-state index in [-0.39, 0.29) is 17.7 Å². The summed E-state index contributed by atoms with van der Waals surface area (Å²) in [5.41, 5.74) is 0.944. The van der Waals surface area contributed by atoms with Crippen LogP contribution in [0.1, 0.15) is 18.4 Å². The Hall–Kier alpha value is -1.38. The monoisotopic (exact) mass is 266 g/mol. The second-order valence-electron chi connectivity index (χ2n) is 4.49. The molecule has 1 rings (SSSR count). The van der Waals surface area contributed by atoms with Gasteiger partial charge in [-0.1, -0.05) is 30.3 Å². The standard InChI is InChI=1S/C13H18N2O2S/c1-11(10-18(2,16)17)15-9-13(8-14)12-6-4-3-5-7-12/h3-7,11,13,15H,9-10H2,1-2H3. The lowest BCUT2D eigenvalue weighted by Gasteiger charge is -2.15. The van der Waals surface area contributed by atoms with Gasteiger partial charge in [-0.15, -0.1) is 0 Å². The lowest BCUT2D eigenvalue weighted by Crippen LogP contribution is -2.35. The quantitative estimate of drug-likeness (QED) is 0.843. The zero-order valence-electron chi connectivity index (χ0n) is 10.6. The highest BCUT2D eigenvalue weighted by atomic mass is 32.2. The van der Waals surface area contributed by atoms with Crippen molar-refractivity contribution in [2.75, 3.05) is 18.6 Å². The van der Waals surface area contributed by atoms with Gasteiger partial charge in [0.2, 0.25) is 0 Å². The minimum Gasteiger partial charge on any atom is -0.312 e. The van der Waals surface area contributed by atoms with E-state index in [2.05, 4.69) is 11.4 Å². The molecule has 4 nitrogen and oxygen atoms in total. The van der Waals surface area contributed by atoms with Crippen LogP contribution in [0, 0.1) is 11.3 Å². The van der Waals surface area contributed by atoms with Crippen molar-refractivity contribution in [2.24, 2.45) is 0 Å². The number of rotatable bonds is 6. The summed E-state index contributed by atoms with van der Waals surface area (Å²) in [6.45, 7) is 2.26. The second kappa shape index (κ2) is 6.53. The third-order valence-electron chi connectivity index (χ3n) is 2.58. The van der Waals surface area contributed by atoms with Crippen molar-refractivity contribution in [3.8, 4) is 6.07 Å². The van der Waals surface area contributed by atoms with Gasteiger partial charge in [0.1, 0.15) is 9.84 Å². The summed E-state index contributed by atoms with van der Waals surface area (Å²) in [6, 6.07) is 11.5. The Labute approximate surface area is 109 Å². The first-order chi connectivity index (χ1) is 8.42. The van der Waals surface area contributed by atoms with Gasteiger partial charge in [-0.25, -0.2) is 8.42 Å². The van der Waals surface area contributed by atoms with E-state index >= 15 is 0 Å². The number of nitriles is 1. The van der Waals surface area contributed by atoms with Gasteiger partial charge in [0.15, 0.2) is 0 Å². The molecule has 0 saturated heterocycles. The number of benzene rings is 1. The van der Waals surface area contributed by atoms with Crippen LogP contribution in [0.3, 0.4) is 0 Å². The molecule has 0 aliphatic rings. The number of nitrogens with zero attached hydrogens (tertiary/aromatic N) is 1. The van der Waals surface area contributed by atoms with Crippen LogP contribution < -0.4 is 5.32 Å². The van der Waals surface area contributed by atoms with Crippen LogP contribution in [-0.2, 0) is 9.84 Å². The van der Waals surface area contributed by atoms with Crippen molar-refractivity contribution in [1.29, 1.82) is 5.26 Å². The van der Waals surface area contributed by atoms with E-state index in [0.29, 0.717) is 6.54 Å². The topological polar surface area (TPSA) is 70.0 Å². The van der Waals surface area contributed by atoms with E-state index in [1.54, 1.807) is 6.92 Å². The van der Waals surface area contributed by atoms with E-state index < -0.39 is 9.84 Å². The van der Waals surface area contributed by atoms with Gasteiger partial charge < -0.3 is 5.32 Å². The Morgan fingerprint density at radius 2 is 1.94 bits per heavy atom. The first-order valence-corrected chi connectivity index (χ1v) is 7.84. The predicted octanol–water partition coefficient (Wildman–Crippen LogP) is 1.32. The van der Waals surface area contributed by atoms with Crippen molar-refractivity contribution in [2.45, 2.75) is 18.9 Å². The van der Waals surface area contributed by atoms with Gasteiger partial charge in [0.25, 0.3) is 0 Å². The minimum atomic E-state index is -2.99. The zero-order valence-corrected chi connectivity index (χ0v) is 11.4. The number of hydrogen-bond donors (Lipinski definition) is 1. The number of nitrogens with one attached hydrogen (secondary N) is 1. The van der Waals surface area contributed by atoms with Gasteiger partial charge in [0.05, 0.1) is 17.7 Å².